The summed E-state index contributed by atoms with van der Waals surface area (Å²) in [5.74, 6) is 1.63. The Balaban J connectivity index is 1.62. The van der Waals surface area contributed by atoms with Crippen molar-refractivity contribution in [1.82, 2.24) is 34.5 Å². The van der Waals surface area contributed by atoms with Gasteiger partial charge in [-0.2, -0.15) is 52.7 Å². The van der Waals surface area contributed by atoms with Crippen molar-refractivity contribution in [3.05, 3.63) is 143 Å². The molecular formula is C45H31F12N7. The number of hydrogen-bond donors (Lipinski definition) is 0. The maximum Gasteiger partial charge on any atom is 0.417 e. The van der Waals surface area contributed by atoms with Crippen LogP contribution >= 0.6 is 0 Å². The fourth-order valence-corrected chi connectivity index (χ4v) is 7.18. The van der Waals surface area contributed by atoms with Crippen molar-refractivity contribution in [2.45, 2.75) is 59.3 Å². The molecule has 0 unspecified atom stereocenters. The lowest BCUT2D eigenvalue weighted by Crippen LogP contribution is -2.13. The minimum absolute atomic E-state index is 0.00452. The van der Waals surface area contributed by atoms with Gasteiger partial charge in [0.15, 0.2) is 11.6 Å². The number of aryl methyl sites for hydroxylation is 4. The molecule has 0 saturated heterocycles. The monoisotopic (exact) mass is 897 g/mol. The molecule has 7 rings (SSSR count). The average molecular weight is 898 g/mol. The molecule has 3 aromatic heterocycles. The van der Waals surface area contributed by atoms with Gasteiger partial charge in [0.1, 0.15) is 23.3 Å². The van der Waals surface area contributed by atoms with Gasteiger partial charge in [-0.1, -0.05) is 49.1 Å². The number of halogens is 12. The Kier molecular flexibility index (Phi) is 11.3. The summed E-state index contributed by atoms with van der Waals surface area (Å²) in [6.45, 7) is 10.3. The van der Waals surface area contributed by atoms with Gasteiger partial charge in [-0.25, -0.2) is 29.9 Å². The molecule has 7 aromatic rings. The van der Waals surface area contributed by atoms with E-state index in [1.54, 1.807) is 45.9 Å². The number of nitrogens with zero attached hydrogens (tertiary/aromatic N) is 7. The van der Waals surface area contributed by atoms with Gasteiger partial charge in [0, 0.05) is 27.5 Å². The highest BCUT2D eigenvalue weighted by atomic mass is 19.4. The minimum Gasteiger partial charge on any atom is -0.308 e. The highest BCUT2D eigenvalue weighted by molar-refractivity contribution is 6.11. The van der Waals surface area contributed by atoms with Crippen LogP contribution in [0.2, 0.25) is 0 Å². The van der Waals surface area contributed by atoms with Crippen molar-refractivity contribution in [2.24, 2.45) is 0 Å². The average Bonchev–Trinajstić information content (AvgIpc) is 3.51. The maximum atomic E-state index is 14.5. The van der Waals surface area contributed by atoms with Gasteiger partial charge < -0.3 is 4.57 Å². The molecule has 0 atom stereocenters. The Bertz CT molecular complexity index is 3040. The lowest BCUT2D eigenvalue weighted by Gasteiger charge is -2.18. The van der Waals surface area contributed by atoms with Crippen LogP contribution in [-0.2, 0) is 12.4 Å². The van der Waals surface area contributed by atoms with E-state index in [9.17, 15) is 52.7 Å². The summed E-state index contributed by atoms with van der Waals surface area (Å²) in [4.78, 5) is 26.5. The molecule has 19 heteroatoms. The van der Waals surface area contributed by atoms with Gasteiger partial charge in [-0.15, -0.1) is 0 Å². The predicted octanol–water partition coefficient (Wildman–Crippen LogP) is 13.4. The first kappa shape index (κ1) is 45.1. The van der Waals surface area contributed by atoms with Gasteiger partial charge in [-0.05, 0) is 99.3 Å². The normalized spacial score (nSPS) is 13.3. The summed E-state index contributed by atoms with van der Waals surface area (Å²) in [7, 11) is 0. The molecule has 0 aliphatic rings. The van der Waals surface area contributed by atoms with Crippen molar-refractivity contribution < 1.29 is 52.7 Å². The van der Waals surface area contributed by atoms with E-state index < -0.39 is 58.1 Å². The highest BCUT2D eigenvalue weighted by Crippen LogP contribution is 2.45. The number of benzene rings is 4. The predicted molar refractivity (Wildman–Crippen MR) is 216 cm³/mol. The summed E-state index contributed by atoms with van der Waals surface area (Å²) in [5, 5.41) is 0.634. The molecule has 0 radical (unpaired) electrons. The lowest BCUT2D eigenvalue weighted by molar-refractivity contribution is -0.142. The fraction of sp³-hybridized carbons (Fsp3) is 0.200. The Morgan fingerprint density at radius 1 is 0.531 bits per heavy atom. The minimum atomic E-state index is -5.25. The molecule has 0 amide bonds. The van der Waals surface area contributed by atoms with E-state index in [2.05, 4.69) is 36.5 Å². The van der Waals surface area contributed by atoms with Crippen LogP contribution in [-0.4, -0.2) is 46.8 Å². The molecule has 0 aliphatic heterocycles. The Morgan fingerprint density at radius 3 is 1.62 bits per heavy atom. The number of hydrogen-bond acceptors (Lipinski definition) is 6. The number of aromatic nitrogens is 7. The third kappa shape index (κ3) is 8.96. The number of fused-ring (bicyclic) bond motifs is 3. The molecule has 64 heavy (non-hydrogen) atoms. The summed E-state index contributed by atoms with van der Waals surface area (Å²) in [5.41, 5.74) is -6.49. The highest BCUT2D eigenvalue weighted by Gasteiger charge is 2.39. The number of allylic oxidation sites excluding steroid dienone is 5. The van der Waals surface area contributed by atoms with Crippen LogP contribution in [0.25, 0.3) is 67.0 Å². The molecular weight excluding hydrogens is 867 g/mol. The second kappa shape index (κ2) is 16.0. The van der Waals surface area contributed by atoms with E-state index >= 15 is 0 Å². The van der Waals surface area contributed by atoms with E-state index in [1.807, 2.05) is 0 Å². The van der Waals surface area contributed by atoms with Crippen molar-refractivity contribution in [1.29, 1.82) is 0 Å². The molecule has 4 aromatic carbocycles. The lowest BCUT2D eigenvalue weighted by atomic mass is 9.95. The Morgan fingerprint density at radius 2 is 1.08 bits per heavy atom. The zero-order chi connectivity index (χ0) is 46.8. The van der Waals surface area contributed by atoms with Gasteiger partial charge in [-0.3, -0.25) is 0 Å². The SMILES string of the molecule is C=C(/C(=C\C=C(/C)C(F)(F)F)c1ccc2c3ccc(-c4ccc(C(F)(F)F)cc4C(F)(F)F)cc3n(-c3ccc(-c4nc(C)nc(C)n4)cc3-c3nc(C)nc(C)n3)c2c1)C(F)(F)F. The van der Waals surface area contributed by atoms with Crippen molar-refractivity contribution in [3.8, 4) is 39.6 Å². The third-order valence-corrected chi connectivity index (χ3v) is 10.1. The van der Waals surface area contributed by atoms with Crippen LogP contribution in [0, 0.1) is 27.7 Å². The van der Waals surface area contributed by atoms with Crippen LogP contribution in [0.3, 0.4) is 0 Å². The summed E-state index contributed by atoms with van der Waals surface area (Å²) in [6.07, 6.45) is -19.2. The van der Waals surface area contributed by atoms with Crippen molar-refractivity contribution in [3.63, 3.8) is 0 Å². The molecule has 0 aliphatic carbocycles. The molecule has 0 fully saturated rings. The first-order chi connectivity index (χ1) is 29.7. The molecule has 0 saturated carbocycles. The summed E-state index contributed by atoms with van der Waals surface area (Å²) in [6, 6.07) is 13.8. The standard InChI is InChI=1S/C45H31F12N7/c1-21(42(46,47)48)7-12-31(22(2)43(49,50)51)27-8-13-33-34-14-9-28(32-15-11-30(44(52,53)54)20-36(32)45(55,56)57)19-39(34)64(38(33)18-27)37-16-10-29(40-60-23(3)58-24(4)61-40)17-35(37)41-62-25(5)59-26(6)63-41/h7-20H,2H2,1,3-6H3/b21-7+,31-12+. The van der Waals surface area contributed by atoms with Gasteiger partial charge in [0.05, 0.1) is 33.4 Å². The number of alkyl halides is 12. The molecule has 3 heterocycles. The summed E-state index contributed by atoms with van der Waals surface area (Å²) < 4.78 is 170. The van der Waals surface area contributed by atoms with E-state index in [0.717, 1.165) is 0 Å². The quantitative estimate of drug-likeness (QED) is 0.117. The second-order valence-corrected chi connectivity index (χ2v) is 14.7. The van der Waals surface area contributed by atoms with Crippen LogP contribution in [0.5, 0.6) is 0 Å². The third-order valence-electron chi connectivity index (χ3n) is 10.1. The first-order valence-corrected chi connectivity index (χ1v) is 18.8. The smallest absolute Gasteiger partial charge is 0.308 e. The molecule has 0 N–H and O–H groups in total. The molecule has 330 valence electrons. The molecule has 0 spiro atoms. The Labute approximate surface area is 355 Å². The molecule has 7 nitrogen and oxygen atoms in total. The zero-order valence-electron chi connectivity index (χ0n) is 34.0. The number of rotatable bonds is 7. The first-order valence-electron chi connectivity index (χ1n) is 18.8. The van der Waals surface area contributed by atoms with Crippen molar-refractivity contribution >= 4 is 27.4 Å². The van der Waals surface area contributed by atoms with Crippen molar-refractivity contribution in [2.75, 3.05) is 0 Å². The van der Waals surface area contributed by atoms with Gasteiger partial charge in [0.2, 0.25) is 0 Å². The van der Waals surface area contributed by atoms with E-state index in [0.29, 0.717) is 59.2 Å². The fourth-order valence-electron chi connectivity index (χ4n) is 7.18. The maximum absolute atomic E-state index is 14.5. The van der Waals surface area contributed by atoms with Crippen LogP contribution in [0.15, 0.2) is 103 Å². The summed E-state index contributed by atoms with van der Waals surface area (Å²) >= 11 is 0. The van der Waals surface area contributed by atoms with Gasteiger partial charge in [0.25, 0.3) is 0 Å². The van der Waals surface area contributed by atoms with Crippen LogP contribution in [0.1, 0.15) is 46.9 Å². The van der Waals surface area contributed by atoms with E-state index in [-0.39, 0.29) is 62.8 Å². The molecule has 0 bridgehead atoms. The second-order valence-electron chi connectivity index (χ2n) is 14.7. The largest absolute Gasteiger partial charge is 0.417 e. The van der Waals surface area contributed by atoms with E-state index in [1.165, 1.54) is 41.0 Å². The van der Waals surface area contributed by atoms with Crippen LogP contribution in [0.4, 0.5) is 52.7 Å². The van der Waals surface area contributed by atoms with Gasteiger partial charge >= 0.3 is 24.7 Å². The zero-order valence-corrected chi connectivity index (χ0v) is 34.0. The van der Waals surface area contributed by atoms with Crippen LogP contribution < -0.4 is 0 Å². The van der Waals surface area contributed by atoms with E-state index in [4.69, 9.17) is 0 Å². The Hall–Kier alpha value is -6.92. The topological polar surface area (TPSA) is 82.3 Å².